The fraction of sp³-hybridized carbons (Fsp3) is 0.333. The van der Waals surface area contributed by atoms with Gasteiger partial charge in [-0.15, -0.1) is 0 Å². The average Bonchev–Trinajstić information content (AvgIpc) is 2.73. The smallest absolute Gasteiger partial charge is 0.227 e. The molecule has 1 N–H and O–H groups in total. The summed E-state index contributed by atoms with van der Waals surface area (Å²) in [6.45, 7) is 2.06. The van der Waals surface area contributed by atoms with Gasteiger partial charge in [0.25, 0.3) is 0 Å². The lowest BCUT2D eigenvalue weighted by molar-refractivity contribution is 0.296. The summed E-state index contributed by atoms with van der Waals surface area (Å²) in [5, 5.41) is 7.83. The molecule has 17 heavy (non-hydrogen) atoms. The van der Waals surface area contributed by atoms with E-state index in [0.29, 0.717) is 22.7 Å². The summed E-state index contributed by atoms with van der Waals surface area (Å²) >= 11 is 6.08. The number of nitrogens with zero attached hydrogens (tertiary/aromatic N) is 2. The third kappa shape index (κ3) is 2.18. The fourth-order valence-corrected chi connectivity index (χ4v) is 2.05. The molecule has 1 aromatic heterocycles. The molecule has 0 aliphatic carbocycles. The van der Waals surface area contributed by atoms with Gasteiger partial charge in [-0.1, -0.05) is 28.9 Å². The zero-order valence-corrected chi connectivity index (χ0v) is 9.94. The van der Waals surface area contributed by atoms with E-state index in [1.807, 2.05) is 24.3 Å². The Bertz CT molecular complexity index is 522. The number of halogens is 1. The molecule has 0 radical (unpaired) electrons. The molecular weight excluding hydrogens is 238 g/mol. The summed E-state index contributed by atoms with van der Waals surface area (Å²) in [7, 11) is 0. The van der Waals surface area contributed by atoms with E-state index >= 15 is 0 Å². The van der Waals surface area contributed by atoms with Crippen LogP contribution in [0.3, 0.4) is 0 Å². The van der Waals surface area contributed by atoms with Gasteiger partial charge in [-0.2, -0.15) is 4.98 Å². The van der Waals surface area contributed by atoms with Crippen LogP contribution in [0, 0.1) is 5.92 Å². The zero-order valence-electron chi connectivity index (χ0n) is 9.19. The molecule has 4 nitrogen and oxygen atoms in total. The minimum absolute atomic E-state index is 0.567. The Morgan fingerprint density at radius 1 is 1.35 bits per heavy atom. The maximum absolute atomic E-state index is 6.08. The van der Waals surface area contributed by atoms with Crippen LogP contribution in [-0.4, -0.2) is 23.2 Å². The second-order valence-corrected chi connectivity index (χ2v) is 4.63. The number of benzene rings is 1. The van der Waals surface area contributed by atoms with Gasteiger partial charge in [0.05, 0.1) is 5.02 Å². The molecule has 0 amide bonds. The SMILES string of the molecule is Clc1ccccc1-c1noc(CC2CNC2)n1. The first-order valence-electron chi connectivity index (χ1n) is 5.61. The van der Waals surface area contributed by atoms with Crippen LogP contribution in [0.1, 0.15) is 5.89 Å². The normalized spacial score (nSPS) is 15.8. The molecule has 5 heteroatoms. The summed E-state index contributed by atoms with van der Waals surface area (Å²) < 4.78 is 5.23. The highest BCUT2D eigenvalue weighted by Gasteiger charge is 2.20. The third-order valence-corrected chi connectivity index (χ3v) is 3.24. The summed E-state index contributed by atoms with van der Waals surface area (Å²) in [6, 6.07) is 7.50. The van der Waals surface area contributed by atoms with E-state index < -0.39 is 0 Å². The number of hydrogen-bond donors (Lipinski definition) is 1. The first kappa shape index (κ1) is 10.7. The minimum Gasteiger partial charge on any atom is -0.339 e. The molecule has 0 atom stereocenters. The first-order chi connectivity index (χ1) is 8.33. The van der Waals surface area contributed by atoms with Crippen molar-refractivity contribution in [3.63, 3.8) is 0 Å². The number of hydrogen-bond acceptors (Lipinski definition) is 4. The van der Waals surface area contributed by atoms with Crippen LogP contribution >= 0.6 is 11.6 Å². The molecule has 0 saturated carbocycles. The lowest BCUT2D eigenvalue weighted by Crippen LogP contribution is -2.43. The highest BCUT2D eigenvalue weighted by molar-refractivity contribution is 6.33. The Kier molecular flexibility index (Phi) is 2.82. The summed E-state index contributed by atoms with van der Waals surface area (Å²) in [5.41, 5.74) is 0.816. The molecule has 2 heterocycles. The van der Waals surface area contributed by atoms with Crippen LogP contribution in [0.5, 0.6) is 0 Å². The van der Waals surface area contributed by atoms with E-state index in [2.05, 4.69) is 15.5 Å². The predicted molar refractivity (Wildman–Crippen MR) is 64.8 cm³/mol. The van der Waals surface area contributed by atoms with Gasteiger partial charge in [-0.05, 0) is 31.1 Å². The molecule has 0 bridgehead atoms. The van der Waals surface area contributed by atoms with Gasteiger partial charge in [-0.3, -0.25) is 0 Å². The largest absolute Gasteiger partial charge is 0.339 e. The molecular formula is C12H12ClN3O. The van der Waals surface area contributed by atoms with Crippen LogP contribution in [-0.2, 0) is 6.42 Å². The predicted octanol–water partition coefficient (Wildman–Crippen LogP) is 2.15. The summed E-state index contributed by atoms with van der Waals surface area (Å²) in [5.74, 6) is 1.87. The topological polar surface area (TPSA) is 51.0 Å². The monoisotopic (exact) mass is 249 g/mol. The molecule has 88 valence electrons. The van der Waals surface area contributed by atoms with Crippen molar-refractivity contribution in [3.05, 3.63) is 35.2 Å². The summed E-state index contributed by atoms with van der Waals surface area (Å²) in [4.78, 5) is 4.37. The number of nitrogens with one attached hydrogen (secondary N) is 1. The lowest BCUT2D eigenvalue weighted by Gasteiger charge is -2.25. The Hall–Kier alpha value is -1.39. The maximum atomic E-state index is 6.08. The van der Waals surface area contributed by atoms with Crippen molar-refractivity contribution >= 4 is 11.6 Å². The molecule has 2 aromatic rings. The van der Waals surface area contributed by atoms with Crippen molar-refractivity contribution in [1.29, 1.82) is 0 Å². The van der Waals surface area contributed by atoms with Gasteiger partial charge in [0.1, 0.15) is 0 Å². The van der Waals surface area contributed by atoms with Crippen molar-refractivity contribution in [2.45, 2.75) is 6.42 Å². The number of rotatable bonds is 3. The fourth-order valence-electron chi connectivity index (χ4n) is 1.83. The molecule has 1 aliphatic rings. The third-order valence-electron chi connectivity index (χ3n) is 2.91. The summed E-state index contributed by atoms with van der Waals surface area (Å²) in [6.07, 6.45) is 0.838. The van der Waals surface area contributed by atoms with Gasteiger partial charge in [0, 0.05) is 12.0 Å². The standard InChI is InChI=1S/C12H12ClN3O/c13-10-4-2-1-3-9(10)12-15-11(17-16-12)5-8-6-14-7-8/h1-4,8,14H,5-7H2. The van der Waals surface area contributed by atoms with Crippen LogP contribution in [0.4, 0.5) is 0 Å². The first-order valence-corrected chi connectivity index (χ1v) is 5.99. The van der Waals surface area contributed by atoms with E-state index in [-0.39, 0.29) is 0 Å². The highest BCUT2D eigenvalue weighted by Crippen LogP contribution is 2.25. The second-order valence-electron chi connectivity index (χ2n) is 4.22. The van der Waals surface area contributed by atoms with Crippen LogP contribution in [0.2, 0.25) is 5.02 Å². The molecule has 1 aromatic carbocycles. The van der Waals surface area contributed by atoms with Crippen molar-refractivity contribution in [3.8, 4) is 11.4 Å². The zero-order chi connectivity index (χ0) is 11.7. The Balaban J connectivity index is 1.82. The molecule has 1 saturated heterocycles. The second kappa shape index (κ2) is 4.47. The van der Waals surface area contributed by atoms with Gasteiger partial charge < -0.3 is 9.84 Å². The Morgan fingerprint density at radius 3 is 2.88 bits per heavy atom. The van der Waals surface area contributed by atoms with Crippen LogP contribution in [0.15, 0.2) is 28.8 Å². The van der Waals surface area contributed by atoms with Gasteiger partial charge >= 0.3 is 0 Å². The molecule has 1 aliphatic heterocycles. The number of aromatic nitrogens is 2. The van der Waals surface area contributed by atoms with Crippen molar-refractivity contribution in [1.82, 2.24) is 15.5 Å². The van der Waals surface area contributed by atoms with Crippen molar-refractivity contribution in [2.75, 3.05) is 13.1 Å². The van der Waals surface area contributed by atoms with E-state index in [1.54, 1.807) is 0 Å². The van der Waals surface area contributed by atoms with Crippen molar-refractivity contribution in [2.24, 2.45) is 5.92 Å². The van der Waals surface area contributed by atoms with Gasteiger partial charge in [0.15, 0.2) is 0 Å². The van der Waals surface area contributed by atoms with E-state index in [4.69, 9.17) is 16.1 Å². The molecule has 0 spiro atoms. The van der Waals surface area contributed by atoms with E-state index in [0.717, 1.165) is 25.1 Å². The van der Waals surface area contributed by atoms with Crippen molar-refractivity contribution < 1.29 is 4.52 Å². The Labute approximate surface area is 104 Å². The minimum atomic E-state index is 0.567. The highest BCUT2D eigenvalue weighted by atomic mass is 35.5. The average molecular weight is 250 g/mol. The van der Waals surface area contributed by atoms with E-state index in [9.17, 15) is 0 Å². The van der Waals surface area contributed by atoms with Gasteiger partial charge in [-0.25, -0.2) is 0 Å². The molecule has 1 fully saturated rings. The van der Waals surface area contributed by atoms with Crippen LogP contribution in [0.25, 0.3) is 11.4 Å². The Morgan fingerprint density at radius 2 is 2.18 bits per heavy atom. The maximum Gasteiger partial charge on any atom is 0.227 e. The molecule has 3 rings (SSSR count). The van der Waals surface area contributed by atoms with Crippen LogP contribution < -0.4 is 5.32 Å². The van der Waals surface area contributed by atoms with E-state index in [1.165, 1.54) is 0 Å². The van der Waals surface area contributed by atoms with Gasteiger partial charge in [0.2, 0.25) is 11.7 Å². The quantitative estimate of drug-likeness (QED) is 0.906. The lowest BCUT2D eigenvalue weighted by atomic mass is 10.00. The molecule has 0 unspecified atom stereocenters.